The van der Waals surface area contributed by atoms with Gasteiger partial charge in [0.25, 0.3) is 0 Å². The minimum atomic E-state index is 0.359. The molecular formula is C14H25N. The zero-order valence-electron chi connectivity index (χ0n) is 10.0. The molecule has 2 aliphatic rings. The summed E-state index contributed by atoms with van der Waals surface area (Å²) in [5, 5.41) is 0. The maximum atomic E-state index is 6.01. The van der Waals surface area contributed by atoms with Crippen LogP contribution in [0.1, 0.15) is 58.3 Å². The van der Waals surface area contributed by atoms with Crippen molar-refractivity contribution in [2.24, 2.45) is 17.6 Å². The molecule has 1 atom stereocenters. The molecule has 2 N–H and O–H groups in total. The van der Waals surface area contributed by atoms with E-state index in [1.54, 1.807) is 5.57 Å². The van der Waals surface area contributed by atoms with Gasteiger partial charge in [-0.15, -0.1) is 0 Å². The Balaban J connectivity index is 1.89. The normalized spacial score (nSPS) is 37.5. The molecule has 1 saturated carbocycles. The highest BCUT2D eigenvalue weighted by Gasteiger charge is 2.24. The topological polar surface area (TPSA) is 26.0 Å². The molecule has 2 rings (SSSR count). The second-order valence-corrected chi connectivity index (χ2v) is 5.42. The van der Waals surface area contributed by atoms with Gasteiger partial charge in [-0.05, 0) is 56.8 Å². The summed E-state index contributed by atoms with van der Waals surface area (Å²) < 4.78 is 0. The summed E-state index contributed by atoms with van der Waals surface area (Å²) in [7, 11) is 0. The van der Waals surface area contributed by atoms with E-state index in [9.17, 15) is 0 Å². The van der Waals surface area contributed by atoms with E-state index < -0.39 is 0 Å². The van der Waals surface area contributed by atoms with Crippen LogP contribution in [0.15, 0.2) is 11.6 Å². The minimum Gasteiger partial charge on any atom is -0.324 e. The summed E-state index contributed by atoms with van der Waals surface area (Å²) in [6, 6.07) is 0.359. The number of hydrogen-bond acceptors (Lipinski definition) is 1. The van der Waals surface area contributed by atoms with Crippen molar-refractivity contribution >= 4 is 0 Å². The van der Waals surface area contributed by atoms with Gasteiger partial charge in [0.2, 0.25) is 0 Å². The van der Waals surface area contributed by atoms with Gasteiger partial charge in [-0.25, -0.2) is 0 Å². The van der Waals surface area contributed by atoms with E-state index in [0.29, 0.717) is 6.04 Å². The van der Waals surface area contributed by atoms with E-state index in [1.807, 2.05) is 0 Å². The van der Waals surface area contributed by atoms with E-state index in [1.165, 1.54) is 51.4 Å². The second-order valence-electron chi connectivity index (χ2n) is 5.42. The van der Waals surface area contributed by atoms with Gasteiger partial charge in [0.15, 0.2) is 0 Å². The van der Waals surface area contributed by atoms with Crippen LogP contribution in [-0.2, 0) is 0 Å². The predicted molar refractivity (Wildman–Crippen MR) is 65.6 cm³/mol. The first-order valence-electron chi connectivity index (χ1n) is 6.75. The fraction of sp³-hybridized carbons (Fsp3) is 0.857. The van der Waals surface area contributed by atoms with Crippen LogP contribution in [0, 0.1) is 11.8 Å². The molecule has 0 bridgehead atoms. The van der Waals surface area contributed by atoms with Crippen molar-refractivity contribution in [3.8, 4) is 0 Å². The zero-order chi connectivity index (χ0) is 10.7. The molecule has 0 heterocycles. The van der Waals surface area contributed by atoms with Gasteiger partial charge in [0.1, 0.15) is 0 Å². The third-order valence-electron chi connectivity index (χ3n) is 4.38. The summed E-state index contributed by atoms with van der Waals surface area (Å²) in [6.45, 7) is 2.33. The largest absolute Gasteiger partial charge is 0.324 e. The van der Waals surface area contributed by atoms with Gasteiger partial charge in [-0.2, -0.15) is 0 Å². The molecule has 0 aromatic carbocycles. The summed E-state index contributed by atoms with van der Waals surface area (Å²) in [6.07, 6.45) is 13.4. The van der Waals surface area contributed by atoms with Crippen LogP contribution >= 0.6 is 0 Å². The molecule has 15 heavy (non-hydrogen) atoms. The van der Waals surface area contributed by atoms with Gasteiger partial charge in [0.05, 0.1) is 0 Å². The van der Waals surface area contributed by atoms with Crippen molar-refractivity contribution in [3.63, 3.8) is 0 Å². The maximum absolute atomic E-state index is 6.01. The van der Waals surface area contributed by atoms with Gasteiger partial charge < -0.3 is 5.73 Å². The molecule has 0 aliphatic heterocycles. The Labute approximate surface area is 94.1 Å². The standard InChI is InChI=1S/C14H25N/c1-2-11-6-8-12(9-7-11)13-4-3-5-14(15)10-13/h10-12,14H,2-9,15H2,1H3. The van der Waals surface area contributed by atoms with Crippen LogP contribution in [0.25, 0.3) is 0 Å². The third kappa shape index (κ3) is 2.84. The summed E-state index contributed by atoms with van der Waals surface area (Å²) >= 11 is 0. The smallest absolute Gasteiger partial charge is 0.0226 e. The molecule has 0 saturated heterocycles. The van der Waals surface area contributed by atoms with Crippen molar-refractivity contribution in [1.82, 2.24) is 0 Å². The Morgan fingerprint density at radius 1 is 1.20 bits per heavy atom. The SMILES string of the molecule is CCC1CCC(C2=CC(N)CCC2)CC1. The lowest BCUT2D eigenvalue weighted by molar-refractivity contribution is 0.288. The quantitative estimate of drug-likeness (QED) is 0.687. The van der Waals surface area contributed by atoms with Crippen LogP contribution in [0.2, 0.25) is 0 Å². The van der Waals surface area contributed by atoms with Crippen LogP contribution in [-0.4, -0.2) is 6.04 Å². The van der Waals surface area contributed by atoms with E-state index in [-0.39, 0.29) is 0 Å². The Hall–Kier alpha value is -0.300. The lowest BCUT2D eigenvalue weighted by Gasteiger charge is -2.32. The Morgan fingerprint density at radius 2 is 1.93 bits per heavy atom. The van der Waals surface area contributed by atoms with E-state index in [2.05, 4.69) is 13.0 Å². The number of nitrogens with two attached hydrogens (primary N) is 1. The first-order chi connectivity index (χ1) is 7.29. The van der Waals surface area contributed by atoms with E-state index in [4.69, 9.17) is 5.73 Å². The minimum absolute atomic E-state index is 0.359. The first kappa shape index (κ1) is 11.2. The number of rotatable bonds is 2. The highest BCUT2D eigenvalue weighted by molar-refractivity contribution is 5.14. The van der Waals surface area contributed by atoms with Gasteiger partial charge >= 0.3 is 0 Å². The highest BCUT2D eigenvalue weighted by atomic mass is 14.6. The zero-order valence-corrected chi connectivity index (χ0v) is 10.0. The average Bonchev–Trinajstić information content (AvgIpc) is 2.29. The van der Waals surface area contributed by atoms with Crippen molar-refractivity contribution in [1.29, 1.82) is 0 Å². The van der Waals surface area contributed by atoms with E-state index >= 15 is 0 Å². The third-order valence-corrected chi connectivity index (χ3v) is 4.38. The Bertz CT molecular complexity index is 223. The molecule has 86 valence electrons. The van der Waals surface area contributed by atoms with Crippen LogP contribution in [0.3, 0.4) is 0 Å². The molecule has 1 unspecified atom stereocenters. The van der Waals surface area contributed by atoms with Crippen molar-refractivity contribution in [3.05, 3.63) is 11.6 Å². The fourth-order valence-corrected chi connectivity index (χ4v) is 3.27. The van der Waals surface area contributed by atoms with Crippen molar-refractivity contribution in [2.75, 3.05) is 0 Å². The first-order valence-corrected chi connectivity index (χ1v) is 6.75. The van der Waals surface area contributed by atoms with Gasteiger partial charge in [0, 0.05) is 6.04 Å². The molecule has 0 aromatic heterocycles. The van der Waals surface area contributed by atoms with E-state index in [0.717, 1.165) is 11.8 Å². The van der Waals surface area contributed by atoms with Gasteiger partial charge in [-0.1, -0.05) is 25.0 Å². The Morgan fingerprint density at radius 3 is 2.53 bits per heavy atom. The molecule has 0 amide bonds. The van der Waals surface area contributed by atoms with Crippen molar-refractivity contribution < 1.29 is 0 Å². The monoisotopic (exact) mass is 207 g/mol. The summed E-state index contributed by atoms with van der Waals surface area (Å²) in [4.78, 5) is 0. The van der Waals surface area contributed by atoms with Crippen LogP contribution in [0.4, 0.5) is 0 Å². The lowest BCUT2D eigenvalue weighted by atomic mass is 9.75. The predicted octanol–water partition coefficient (Wildman–Crippen LogP) is 3.64. The second kappa shape index (κ2) is 5.16. The molecule has 2 aliphatic carbocycles. The van der Waals surface area contributed by atoms with Gasteiger partial charge in [-0.3, -0.25) is 0 Å². The number of allylic oxidation sites excluding steroid dienone is 1. The van der Waals surface area contributed by atoms with Crippen LogP contribution in [0.5, 0.6) is 0 Å². The lowest BCUT2D eigenvalue weighted by Crippen LogP contribution is -2.24. The molecule has 1 heteroatoms. The molecule has 1 fully saturated rings. The van der Waals surface area contributed by atoms with Crippen molar-refractivity contribution in [2.45, 2.75) is 64.3 Å². The summed E-state index contributed by atoms with van der Waals surface area (Å²) in [5.41, 5.74) is 7.71. The summed E-state index contributed by atoms with van der Waals surface area (Å²) in [5.74, 6) is 1.90. The fourth-order valence-electron chi connectivity index (χ4n) is 3.27. The molecule has 1 nitrogen and oxygen atoms in total. The highest BCUT2D eigenvalue weighted by Crippen LogP contribution is 2.37. The molecule has 0 radical (unpaired) electrons. The maximum Gasteiger partial charge on any atom is 0.0226 e. The molecule has 0 aromatic rings. The number of hydrogen-bond donors (Lipinski definition) is 1. The molecular weight excluding hydrogens is 182 g/mol. The van der Waals surface area contributed by atoms with Crippen LogP contribution < -0.4 is 5.73 Å². The molecule has 0 spiro atoms. The Kier molecular flexibility index (Phi) is 3.85. The average molecular weight is 207 g/mol.